The van der Waals surface area contributed by atoms with E-state index in [2.05, 4.69) is 21.7 Å². The van der Waals surface area contributed by atoms with Crippen LogP contribution in [0.3, 0.4) is 0 Å². The molecule has 0 aromatic heterocycles. The van der Waals surface area contributed by atoms with E-state index in [1.54, 1.807) is 13.8 Å². The van der Waals surface area contributed by atoms with Crippen molar-refractivity contribution in [2.75, 3.05) is 25.0 Å². The summed E-state index contributed by atoms with van der Waals surface area (Å²) in [7, 11) is -2.78. The number of rotatable bonds is 13. The normalized spacial score (nSPS) is 14.5. The monoisotopic (exact) mass is 586 g/mol. The fourth-order valence-electron chi connectivity index (χ4n) is 3.88. The number of anilines is 1. The van der Waals surface area contributed by atoms with Crippen LogP contribution < -0.4 is 35.7 Å². The lowest BCUT2D eigenvalue weighted by atomic mass is 10.1. The number of nitrogens with one attached hydrogen (secondary N) is 2. The number of allylic oxidation sites excluding steroid dienone is 2. The maximum atomic E-state index is 13.4. The van der Waals surface area contributed by atoms with Crippen molar-refractivity contribution in [1.82, 2.24) is 10.3 Å². The maximum Gasteiger partial charge on any atom is 0.277 e. The number of primary amides is 1. The number of carbonyl (C=O) groups excluding carboxylic acids is 2. The van der Waals surface area contributed by atoms with Gasteiger partial charge < -0.3 is 31.0 Å². The zero-order valence-electron chi connectivity index (χ0n) is 23.3. The molecule has 41 heavy (non-hydrogen) atoms. The second-order valence-corrected chi connectivity index (χ2v) is 10.6. The maximum absolute atomic E-state index is 13.4. The van der Waals surface area contributed by atoms with E-state index in [1.807, 2.05) is 6.92 Å². The summed E-state index contributed by atoms with van der Waals surface area (Å²) < 4.78 is 45.6. The SMILES string of the molecule is C=C(CCC)N1N=C(c2cc(S(=O)(=O)Nc3ccc(OCC(N)=O)c(OC)c3)ccc2OCC)NC(=O)/C1=C(\C)N. The van der Waals surface area contributed by atoms with Crippen molar-refractivity contribution in [3.05, 3.63) is 65.6 Å². The van der Waals surface area contributed by atoms with E-state index in [4.69, 9.17) is 25.7 Å². The number of ether oxygens (including phenoxy) is 3. The molecule has 0 bridgehead atoms. The summed E-state index contributed by atoms with van der Waals surface area (Å²) in [5.41, 5.74) is 12.4. The van der Waals surface area contributed by atoms with Crippen LogP contribution in [-0.4, -0.2) is 51.4 Å². The number of nitrogens with zero attached hydrogens (tertiary/aromatic N) is 2. The minimum Gasteiger partial charge on any atom is -0.493 e. The molecule has 14 heteroatoms. The summed E-state index contributed by atoms with van der Waals surface area (Å²) in [6, 6.07) is 8.48. The first-order valence-corrected chi connectivity index (χ1v) is 14.1. The number of sulfonamides is 1. The Hall–Kier alpha value is -4.72. The van der Waals surface area contributed by atoms with Crippen LogP contribution in [0.4, 0.5) is 5.69 Å². The molecule has 1 aliphatic heterocycles. The molecule has 2 amide bonds. The van der Waals surface area contributed by atoms with Gasteiger partial charge >= 0.3 is 0 Å². The highest BCUT2D eigenvalue weighted by Crippen LogP contribution is 2.32. The van der Waals surface area contributed by atoms with E-state index in [0.29, 0.717) is 17.9 Å². The van der Waals surface area contributed by atoms with Crippen LogP contribution in [0.2, 0.25) is 0 Å². The van der Waals surface area contributed by atoms with Crippen molar-refractivity contribution in [3.63, 3.8) is 0 Å². The van der Waals surface area contributed by atoms with E-state index in [9.17, 15) is 18.0 Å². The van der Waals surface area contributed by atoms with Gasteiger partial charge in [0.05, 0.1) is 29.9 Å². The molecule has 13 nitrogen and oxygen atoms in total. The zero-order valence-corrected chi connectivity index (χ0v) is 24.1. The Morgan fingerprint density at radius 1 is 1.10 bits per heavy atom. The average molecular weight is 587 g/mol. The highest BCUT2D eigenvalue weighted by Gasteiger charge is 2.30. The Morgan fingerprint density at radius 3 is 2.41 bits per heavy atom. The predicted molar refractivity (Wildman–Crippen MR) is 154 cm³/mol. The van der Waals surface area contributed by atoms with Crippen LogP contribution in [0.15, 0.2) is 70.1 Å². The van der Waals surface area contributed by atoms with Gasteiger partial charge in [-0.25, -0.2) is 13.4 Å². The predicted octanol–water partition coefficient (Wildman–Crippen LogP) is 2.36. The third-order valence-corrected chi connectivity index (χ3v) is 7.05. The van der Waals surface area contributed by atoms with Crippen molar-refractivity contribution in [2.45, 2.75) is 38.5 Å². The van der Waals surface area contributed by atoms with Crippen molar-refractivity contribution in [2.24, 2.45) is 16.6 Å². The summed E-state index contributed by atoms with van der Waals surface area (Å²) in [6.07, 6.45) is 1.30. The third-order valence-electron chi connectivity index (χ3n) is 5.67. The number of nitrogens with two attached hydrogens (primary N) is 2. The van der Waals surface area contributed by atoms with Crippen molar-refractivity contribution in [1.29, 1.82) is 0 Å². The fraction of sp³-hybridized carbons (Fsp3) is 0.296. The first-order valence-electron chi connectivity index (χ1n) is 12.6. The molecule has 0 fully saturated rings. The van der Waals surface area contributed by atoms with Gasteiger partial charge in [-0.2, -0.15) is 0 Å². The van der Waals surface area contributed by atoms with Gasteiger partial charge in [-0.1, -0.05) is 19.9 Å². The number of hydrogen-bond donors (Lipinski definition) is 4. The number of amidine groups is 1. The van der Waals surface area contributed by atoms with Crippen molar-refractivity contribution in [3.8, 4) is 17.2 Å². The zero-order chi connectivity index (χ0) is 30.3. The Morgan fingerprint density at radius 2 is 1.80 bits per heavy atom. The lowest BCUT2D eigenvalue weighted by Gasteiger charge is -2.30. The average Bonchev–Trinajstić information content (AvgIpc) is 2.91. The topological polar surface area (TPSA) is 188 Å². The van der Waals surface area contributed by atoms with Crippen molar-refractivity contribution >= 4 is 33.4 Å². The first kappa shape index (κ1) is 30.8. The van der Waals surface area contributed by atoms with Gasteiger partial charge in [0.1, 0.15) is 11.4 Å². The minimum atomic E-state index is -4.15. The first-order chi connectivity index (χ1) is 19.4. The molecule has 0 saturated carbocycles. The van der Waals surface area contributed by atoms with Gasteiger partial charge in [0.15, 0.2) is 23.9 Å². The van der Waals surface area contributed by atoms with E-state index < -0.39 is 21.8 Å². The molecule has 1 heterocycles. The lowest BCUT2D eigenvalue weighted by Crippen LogP contribution is -2.44. The number of methoxy groups -OCH3 is 1. The Labute approximate surface area is 238 Å². The van der Waals surface area contributed by atoms with Crippen molar-refractivity contribution < 1.29 is 32.2 Å². The molecule has 2 aromatic rings. The van der Waals surface area contributed by atoms with E-state index >= 15 is 0 Å². The van der Waals surface area contributed by atoms with Crippen LogP contribution in [0.25, 0.3) is 0 Å². The number of carbonyl (C=O) groups is 2. The summed E-state index contributed by atoms with van der Waals surface area (Å²) in [5, 5.41) is 8.62. The summed E-state index contributed by atoms with van der Waals surface area (Å²) in [6.45, 7) is 9.26. The summed E-state index contributed by atoms with van der Waals surface area (Å²) in [5.74, 6) is -0.433. The number of benzene rings is 2. The Kier molecular flexibility index (Phi) is 9.84. The number of hydrogen-bond acceptors (Lipinski definition) is 10. The quantitative estimate of drug-likeness (QED) is 0.255. The molecule has 1 aliphatic rings. The standard InChI is InChI=1S/C27H34N6O7S/c1-6-8-16(3)33-25(17(4)28)27(35)30-26(31-33)20-14-19(10-12-21(20)39-7-2)41(36,37)32-18-9-11-22(23(13-18)38-5)40-15-24(29)34/h9-14,32H,3,6-8,15,28H2,1-2,4-5H3,(H2,29,34)(H,30,31,35)/b25-17-. The molecule has 0 aliphatic carbocycles. The molecular formula is C27H34N6O7S. The highest BCUT2D eigenvalue weighted by molar-refractivity contribution is 7.92. The molecule has 220 valence electrons. The summed E-state index contributed by atoms with van der Waals surface area (Å²) >= 11 is 0. The van der Waals surface area contributed by atoms with Gasteiger partial charge in [-0.3, -0.25) is 14.3 Å². The molecule has 0 atom stereocenters. The second kappa shape index (κ2) is 13.1. The smallest absolute Gasteiger partial charge is 0.277 e. The van der Waals surface area contributed by atoms with E-state index in [1.165, 1.54) is 48.5 Å². The van der Waals surface area contributed by atoms with Gasteiger partial charge in [-0.15, -0.1) is 5.10 Å². The number of amides is 2. The van der Waals surface area contributed by atoms with Crippen LogP contribution in [0.5, 0.6) is 17.2 Å². The third kappa shape index (κ3) is 7.28. The lowest BCUT2D eigenvalue weighted by molar-refractivity contribution is -0.120. The van der Waals surface area contributed by atoms with Crippen LogP contribution in [0.1, 0.15) is 39.2 Å². The molecule has 0 unspecified atom stereocenters. The van der Waals surface area contributed by atoms with Gasteiger partial charge in [-0.05, 0) is 50.6 Å². The second-order valence-electron chi connectivity index (χ2n) is 8.88. The Balaban J connectivity index is 2.04. The van der Waals surface area contributed by atoms with Gasteiger partial charge in [0.25, 0.3) is 21.8 Å². The van der Waals surface area contributed by atoms with E-state index in [-0.39, 0.29) is 58.1 Å². The molecular weight excluding hydrogens is 552 g/mol. The number of hydrazone groups is 1. The van der Waals surface area contributed by atoms with Crippen LogP contribution >= 0.6 is 0 Å². The molecule has 2 aromatic carbocycles. The van der Waals surface area contributed by atoms with Crippen LogP contribution in [-0.2, 0) is 19.6 Å². The van der Waals surface area contributed by atoms with Gasteiger partial charge in [0, 0.05) is 17.5 Å². The Bertz CT molecular complexity index is 1510. The molecule has 0 spiro atoms. The largest absolute Gasteiger partial charge is 0.493 e. The van der Waals surface area contributed by atoms with Crippen LogP contribution in [0, 0.1) is 0 Å². The fourth-order valence-corrected chi connectivity index (χ4v) is 4.96. The molecule has 3 rings (SSSR count). The minimum absolute atomic E-state index is 0.0652. The van der Waals surface area contributed by atoms with Gasteiger partial charge in [0.2, 0.25) is 0 Å². The molecule has 6 N–H and O–H groups in total. The van der Waals surface area contributed by atoms with E-state index in [0.717, 1.165) is 6.42 Å². The molecule has 0 radical (unpaired) electrons. The molecule has 0 saturated heterocycles. The summed E-state index contributed by atoms with van der Waals surface area (Å²) in [4.78, 5) is 24.0. The highest BCUT2D eigenvalue weighted by atomic mass is 32.2.